The molecule has 3 heteroatoms. The van der Waals surface area contributed by atoms with Gasteiger partial charge in [0, 0.05) is 6.20 Å². The van der Waals surface area contributed by atoms with Gasteiger partial charge >= 0.3 is 0 Å². The Morgan fingerprint density at radius 1 is 1.54 bits per heavy atom. The minimum Gasteiger partial charge on any atom is -0.497 e. The molecule has 0 saturated heterocycles. The predicted molar refractivity (Wildman–Crippen MR) is 50.1 cm³/mol. The van der Waals surface area contributed by atoms with Gasteiger partial charge < -0.3 is 4.74 Å². The summed E-state index contributed by atoms with van der Waals surface area (Å²) in [5, 5.41) is 0. The van der Waals surface area contributed by atoms with Gasteiger partial charge in [0.05, 0.1) is 7.11 Å². The van der Waals surface area contributed by atoms with E-state index in [4.69, 9.17) is 4.74 Å². The summed E-state index contributed by atoms with van der Waals surface area (Å²) in [6.45, 7) is 0. The molecule has 0 fully saturated rings. The Morgan fingerprint density at radius 3 is 3.08 bits per heavy atom. The predicted octanol–water partition coefficient (Wildman–Crippen LogP) is 2.00. The Balaban J connectivity index is 2.82. The number of aliphatic imine (C=N–C) groups is 1. The van der Waals surface area contributed by atoms with Crippen molar-refractivity contribution in [2.45, 2.75) is 0 Å². The summed E-state index contributed by atoms with van der Waals surface area (Å²) in [5.74, 6) is 0.775. The average Bonchev–Trinajstić information content (AvgIpc) is 2.19. The van der Waals surface area contributed by atoms with Crippen LogP contribution in [0.25, 0.3) is 6.08 Å². The molecule has 0 aliphatic rings. The van der Waals surface area contributed by atoms with Gasteiger partial charge in [0.15, 0.2) is 0 Å². The molecule has 0 heterocycles. The first-order chi connectivity index (χ1) is 6.36. The van der Waals surface area contributed by atoms with Gasteiger partial charge in [-0.1, -0.05) is 12.1 Å². The Morgan fingerprint density at radius 2 is 2.38 bits per heavy atom. The quantitative estimate of drug-likeness (QED) is 0.520. The van der Waals surface area contributed by atoms with Crippen LogP contribution in [-0.4, -0.2) is 13.2 Å². The van der Waals surface area contributed by atoms with Gasteiger partial charge in [-0.25, -0.2) is 4.79 Å². The number of rotatable bonds is 3. The summed E-state index contributed by atoms with van der Waals surface area (Å²) in [7, 11) is 1.60. The number of hydrogen-bond donors (Lipinski definition) is 0. The molecular formula is C10H9NO2. The van der Waals surface area contributed by atoms with E-state index < -0.39 is 0 Å². The fourth-order valence-electron chi connectivity index (χ4n) is 0.899. The van der Waals surface area contributed by atoms with Crippen LogP contribution in [0.3, 0.4) is 0 Å². The highest BCUT2D eigenvalue weighted by Crippen LogP contribution is 2.13. The number of benzene rings is 1. The zero-order valence-corrected chi connectivity index (χ0v) is 7.23. The highest BCUT2D eigenvalue weighted by atomic mass is 16.5. The van der Waals surface area contributed by atoms with Crippen molar-refractivity contribution in [2.75, 3.05) is 7.11 Å². The maximum Gasteiger partial charge on any atom is 0.239 e. The SMILES string of the molecule is COc1cccc(/C=C\N=C=O)c1. The molecule has 1 rings (SSSR count). The zero-order chi connectivity index (χ0) is 9.52. The van der Waals surface area contributed by atoms with Gasteiger partial charge in [-0.3, -0.25) is 0 Å². The Bertz CT molecular complexity index is 352. The minimum absolute atomic E-state index is 0.775. The van der Waals surface area contributed by atoms with E-state index in [9.17, 15) is 4.79 Å². The molecule has 1 aromatic carbocycles. The topological polar surface area (TPSA) is 38.7 Å². The number of carbonyl (C=O) groups excluding carboxylic acids is 1. The van der Waals surface area contributed by atoms with E-state index in [0.29, 0.717) is 0 Å². The molecule has 0 unspecified atom stereocenters. The van der Waals surface area contributed by atoms with E-state index in [1.54, 1.807) is 13.2 Å². The Hall–Kier alpha value is -1.86. The molecule has 0 N–H and O–H groups in total. The number of methoxy groups -OCH3 is 1. The van der Waals surface area contributed by atoms with Crippen LogP contribution in [0.5, 0.6) is 5.75 Å². The van der Waals surface area contributed by atoms with Gasteiger partial charge in [0.25, 0.3) is 0 Å². The van der Waals surface area contributed by atoms with Crippen LogP contribution in [0.15, 0.2) is 35.5 Å². The lowest BCUT2D eigenvalue weighted by molar-refractivity contribution is 0.414. The smallest absolute Gasteiger partial charge is 0.239 e. The fraction of sp³-hybridized carbons (Fsp3) is 0.100. The van der Waals surface area contributed by atoms with Crippen molar-refractivity contribution in [3.8, 4) is 5.75 Å². The lowest BCUT2D eigenvalue weighted by atomic mass is 10.2. The summed E-state index contributed by atoms with van der Waals surface area (Å²) in [6, 6.07) is 7.44. The molecule has 1 aromatic rings. The molecule has 3 nitrogen and oxygen atoms in total. The molecule has 13 heavy (non-hydrogen) atoms. The largest absolute Gasteiger partial charge is 0.497 e. The fourth-order valence-corrected chi connectivity index (χ4v) is 0.899. The molecule has 0 aliphatic heterocycles. The van der Waals surface area contributed by atoms with E-state index in [1.165, 1.54) is 12.3 Å². The molecule has 0 amide bonds. The van der Waals surface area contributed by atoms with Crippen molar-refractivity contribution in [1.82, 2.24) is 0 Å². The highest BCUT2D eigenvalue weighted by Gasteiger charge is 1.90. The molecule has 0 aromatic heterocycles. The lowest BCUT2D eigenvalue weighted by Crippen LogP contribution is -1.81. The zero-order valence-electron chi connectivity index (χ0n) is 7.23. The number of nitrogens with zero attached hydrogens (tertiary/aromatic N) is 1. The van der Waals surface area contributed by atoms with Gasteiger partial charge in [0.1, 0.15) is 5.75 Å². The first-order valence-electron chi connectivity index (χ1n) is 3.74. The Labute approximate surface area is 76.4 Å². The second-order valence-corrected chi connectivity index (χ2v) is 2.31. The monoisotopic (exact) mass is 175 g/mol. The maximum atomic E-state index is 9.75. The number of isocyanates is 1. The van der Waals surface area contributed by atoms with Crippen molar-refractivity contribution >= 4 is 12.2 Å². The Kier molecular flexibility index (Phi) is 3.48. The van der Waals surface area contributed by atoms with Crippen LogP contribution in [0.4, 0.5) is 0 Å². The van der Waals surface area contributed by atoms with E-state index in [1.807, 2.05) is 24.3 Å². The van der Waals surface area contributed by atoms with Crippen LogP contribution in [0, 0.1) is 0 Å². The number of hydrogen-bond acceptors (Lipinski definition) is 3. The second kappa shape index (κ2) is 4.91. The van der Waals surface area contributed by atoms with Crippen molar-refractivity contribution in [2.24, 2.45) is 4.99 Å². The second-order valence-electron chi connectivity index (χ2n) is 2.31. The van der Waals surface area contributed by atoms with Crippen LogP contribution in [0.2, 0.25) is 0 Å². The van der Waals surface area contributed by atoms with E-state index in [-0.39, 0.29) is 0 Å². The number of ether oxygens (including phenoxy) is 1. The molecule has 0 saturated carbocycles. The molecule has 0 bridgehead atoms. The summed E-state index contributed by atoms with van der Waals surface area (Å²) in [4.78, 5) is 13.0. The van der Waals surface area contributed by atoms with Crippen molar-refractivity contribution in [3.63, 3.8) is 0 Å². The molecular weight excluding hydrogens is 166 g/mol. The molecule has 0 atom stereocenters. The first-order valence-corrected chi connectivity index (χ1v) is 3.74. The summed E-state index contributed by atoms with van der Waals surface area (Å²) in [5.41, 5.74) is 0.929. The van der Waals surface area contributed by atoms with Gasteiger partial charge in [-0.15, -0.1) is 0 Å². The van der Waals surface area contributed by atoms with Crippen molar-refractivity contribution < 1.29 is 9.53 Å². The van der Waals surface area contributed by atoms with Gasteiger partial charge in [-0.2, -0.15) is 4.99 Å². The average molecular weight is 175 g/mol. The third-order valence-corrected chi connectivity index (χ3v) is 1.49. The third-order valence-electron chi connectivity index (χ3n) is 1.49. The van der Waals surface area contributed by atoms with E-state index in [0.717, 1.165) is 11.3 Å². The summed E-state index contributed by atoms with van der Waals surface area (Å²) in [6.07, 6.45) is 4.52. The van der Waals surface area contributed by atoms with Gasteiger partial charge in [-0.05, 0) is 23.8 Å². The van der Waals surface area contributed by atoms with Crippen molar-refractivity contribution in [1.29, 1.82) is 0 Å². The van der Waals surface area contributed by atoms with Crippen LogP contribution >= 0.6 is 0 Å². The lowest BCUT2D eigenvalue weighted by Gasteiger charge is -1.98. The third kappa shape index (κ3) is 2.93. The summed E-state index contributed by atoms with van der Waals surface area (Å²) >= 11 is 0. The first kappa shape index (κ1) is 9.23. The molecule has 0 aliphatic carbocycles. The van der Waals surface area contributed by atoms with Gasteiger partial charge in [0.2, 0.25) is 6.08 Å². The van der Waals surface area contributed by atoms with E-state index in [2.05, 4.69) is 4.99 Å². The standard InChI is InChI=1S/C10H9NO2/c1-13-10-4-2-3-9(7-10)5-6-11-8-12/h2-7H,1H3/b6-5-. The molecule has 0 spiro atoms. The highest BCUT2D eigenvalue weighted by molar-refractivity contribution is 5.52. The van der Waals surface area contributed by atoms with Crippen LogP contribution in [0.1, 0.15) is 5.56 Å². The summed E-state index contributed by atoms with van der Waals surface area (Å²) < 4.78 is 5.02. The maximum absolute atomic E-state index is 9.75. The van der Waals surface area contributed by atoms with E-state index >= 15 is 0 Å². The molecule has 0 radical (unpaired) electrons. The van der Waals surface area contributed by atoms with Crippen molar-refractivity contribution in [3.05, 3.63) is 36.0 Å². The van der Waals surface area contributed by atoms with Crippen LogP contribution < -0.4 is 4.74 Å². The minimum atomic E-state index is 0.775. The normalized spacial score (nSPS) is 9.62. The van der Waals surface area contributed by atoms with Crippen LogP contribution in [-0.2, 0) is 4.79 Å². The molecule has 66 valence electrons.